The van der Waals surface area contributed by atoms with Gasteiger partial charge >= 0.3 is 0 Å². The van der Waals surface area contributed by atoms with E-state index in [-0.39, 0.29) is 24.4 Å². The summed E-state index contributed by atoms with van der Waals surface area (Å²) in [5.74, 6) is 0.177. The lowest BCUT2D eigenvalue weighted by molar-refractivity contribution is -0.215. The quantitative estimate of drug-likeness (QED) is 0.487. The Kier molecular flexibility index (Phi) is 2.56. The van der Waals surface area contributed by atoms with Gasteiger partial charge in [0.2, 0.25) is 0 Å². The number of hydrogen-bond donors (Lipinski definition) is 0. The van der Waals surface area contributed by atoms with Crippen molar-refractivity contribution in [3.8, 4) is 0 Å². The topological polar surface area (TPSA) is 44.8 Å². The molecule has 78 valence electrons. The molecule has 0 aromatic carbocycles. The molecule has 1 unspecified atom stereocenters. The van der Waals surface area contributed by atoms with E-state index in [1.807, 2.05) is 6.92 Å². The smallest absolute Gasteiger partial charge is 0.293 e. The molecule has 4 heteroatoms. The van der Waals surface area contributed by atoms with E-state index >= 15 is 0 Å². The molecule has 4 atom stereocenters. The predicted molar refractivity (Wildman–Crippen MR) is 48.5 cm³/mol. The van der Waals surface area contributed by atoms with Gasteiger partial charge in [0.25, 0.3) is 6.47 Å². The zero-order valence-corrected chi connectivity index (χ0v) is 8.14. The fraction of sp³-hybridized carbons (Fsp3) is 0.700. The molecule has 0 amide bonds. The minimum Gasteiger partial charge on any atom is -0.460 e. The molecule has 1 aliphatic carbocycles. The van der Waals surface area contributed by atoms with Gasteiger partial charge in [0.1, 0.15) is 6.10 Å². The Morgan fingerprint density at radius 1 is 1.64 bits per heavy atom. The first kappa shape index (κ1) is 9.68. The van der Waals surface area contributed by atoms with E-state index in [2.05, 4.69) is 6.58 Å². The van der Waals surface area contributed by atoms with E-state index in [0.717, 1.165) is 5.57 Å². The van der Waals surface area contributed by atoms with Crippen molar-refractivity contribution in [2.75, 3.05) is 6.61 Å². The van der Waals surface area contributed by atoms with Crippen LogP contribution in [0.5, 0.6) is 0 Å². The highest BCUT2D eigenvalue weighted by molar-refractivity contribution is 5.39. The van der Waals surface area contributed by atoms with Crippen LogP contribution >= 0.6 is 0 Å². The van der Waals surface area contributed by atoms with Crippen molar-refractivity contribution in [1.29, 1.82) is 0 Å². The molecule has 0 radical (unpaired) electrons. The van der Waals surface area contributed by atoms with E-state index < -0.39 is 0 Å². The molecule has 0 bridgehead atoms. The number of ether oxygens (including phenoxy) is 3. The maximum Gasteiger partial charge on any atom is 0.293 e. The molecular weight excluding hydrogens is 184 g/mol. The van der Waals surface area contributed by atoms with Gasteiger partial charge in [-0.15, -0.1) is 0 Å². The Morgan fingerprint density at radius 2 is 2.43 bits per heavy atom. The number of fused-ring (bicyclic) bond motifs is 1. The van der Waals surface area contributed by atoms with Crippen LogP contribution < -0.4 is 0 Å². The highest BCUT2D eigenvalue weighted by atomic mass is 16.7. The summed E-state index contributed by atoms with van der Waals surface area (Å²) in [4.78, 5) is 10.2. The first-order chi connectivity index (χ1) is 6.72. The van der Waals surface area contributed by atoms with Gasteiger partial charge in [-0.2, -0.15) is 0 Å². The average Bonchev–Trinajstić information content (AvgIpc) is 2.44. The molecule has 14 heavy (non-hydrogen) atoms. The van der Waals surface area contributed by atoms with Crippen molar-refractivity contribution in [1.82, 2.24) is 0 Å². The van der Waals surface area contributed by atoms with E-state index in [9.17, 15) is 4.79 Å². The molecule has 0 N–H and O–H groups in total. The highest BCUT2D eigenvalue weighted by Crippen LogP contribution is 2.37. The maximum atomic E-state index is 10.2. The molecular formula is C10H14O4. The van der Waals surface area contributed by atoms with Crippen molar-refractivity contribution in [3.05, 3.63) is 12.2 Å². The fourth-order valence-corrected chi connectivity index (χ4v) is 2.10. The lowest BCUT2D eigenvalue weighted by Gasteiger charge is -2.30. The summed E-state index contributed by atoms with van der Waals surface area (Å²) in [5, 5.41) is 0. The fourth-order valence-electron chi connectivity index (χ4n) is 2.10. The third-order valence-electron chi connectivity index (χ3n) is 2.88. The zero-order valence-electron chi connectivity index (χ0n) is 8.14. The summed E-state index contributed by atoms with van der Waals surface area (Å²) in [6.45, 7) is 6.87. The maximum absolute atomic E-state index is 10.2. The van der Waals surface area contributed by atoms with Gasteiger partial charge in [-0.05, 0) is 12.5 Å². The normalized spacial score (nSPS) is 41.9. The summed E-state index contributed by atoms with van der Waals surface area (Å²) in [6.07, 6.45) is 0.433. The molecule has 2 aliphatic rings. The Hall–Kier alpha value is -0.870. The number of carbonyl (C=O) groups excluding carboxylic acids is 1. The second kappa shape index (κ2) is 3.71. The van der Waals surface area contributed by atoms with Crippen LogP contribution in [0.3, 0.4) is 0 Å². The largest absolute Gasteiger partial charge is 0.460 e. The summed E-state index contributed by atoms with van der Waals surface area (Å²) in [7, 11) is 0. The van der Waals surface area contributed by atoms with Crippen LogP contribution in [0.15, 0.2) is 12.2 Å². The van der Waals surface area contributed by atoms with Crippen LogP contribution in [0.25, 0.3) is 0 Å². The molecule has 1 heterocycles. The number of carbonyl (C=O) groups is 1. The van der Waals surface area contributed by atoms with Crippen LogP contribution in [0.4, 0.5) is 0 Å². The Labute approximate surface area is 82.8 Å². The Bertz CT molecular complexity index is 251. The monoisotopic (exact) mass is 198 g/mol. The van der Waals surface area contributed by atoms with Crippen molar-refractivity contribution in [2.24, 2.45) is 5.92 Å². The Morgan fingerprint density at radius 3 is 3.14 bits per heavy atom. The van der Waals surface area contributed by atoms with Crippen LogP contribution in [-0.4, -0.2) is 31.6 Å². The van der Waals surface area contributed by atoms with Crippen molar-refractivity contribution in [3.63, 3.8) is 0 Å². The molecule has 2 fully saturated rings. The van der Waals surface area contributed by atoms with Crippen LogP contribution in [0.2, 0.25) is 0 Å². The lowest BCUT2D eigenvalue weighted by Crippen LogP contribution is -2.35. The van der Waals surface area contributed by atoms with Gasteiger partial charge in [-0.25, -0.2) is 0 Å². The molecule has 4 nitrogen and oxygen atoms in total. The van der Waals surface area contributed by atoms with Gasteiger partial charge in [0.05, 0.1) is 12.7 Å². The van der Waals surface area contributed by atoms with Crippen molar-refractivity contribution >= 4 is 6.47 Å². The highest BCUT2D eigenvalue weighted by Gasteiger charge is 2.43. The minimum atomic E-state index is -0.198. The van der Waals surface area contributed by atoms with Gasteiger partial charge in [0, 0.05) is 12.3 Å². The predicted octanol–water partition coefficient (Wildman–Crippen LogP) is 0.865. The van der Waals surface area contributed by atoms with E-state index in [1.165, 1.54) is 0 Å². The SMILES string of the molecule is C=C1[C@H](OC=O)C[C@@H]2OC(C)OC[C@@H]12. The molecule has 1 saturated carbocycles. The molecule has 1 saturated heterocycles. The summed E-state index contributed by atoms with van der Waals surface area (Å²) in [5.41, 5.74) is 0.911. The molecule has 2 rings (SSSR count). The lowest BCUT2D eigenvalue weighted by atomic mass is 10.0. The molecule has 0 spiro atoms. The van der Waals surface area contributed by atoms with Crippen molar-refractivity contribution < 1.29 is 19.0 Å². The second-order valence-electron chi connectivity index (χ2n) is 3.71. The summed E-state index contributed by atoms with van der Waals surface area (Å²) < 4.78 is 15.9. The van der Waals surface area contributed by atoms with E-state index in [0.29, 0.717) is 19.5 Å². The standard InChI is InChI=1S/C10H14O4/c1-6-8-4-12-7(2)14-10(8)3-9(6)13-5-11/h5,7-10H,1,3-4H2,2H3/t7?,8-,9+,10-/m0/s1. The minimum absolute atomic E-state index is 0.0937. The van der Waals surface area contributed by atoms with Gasteiger partial charge in [-0.3, -0.25) is 4.79 Å². The zero-order chi connectivity index (χ0) is 10.1. The van der Waals surface area contributed by atoms with Crippen LogP contribution in [0, 0.1) is 5.92 Å². The van der Waals surface area contributed by atoms with Gasteiger partial charge in [0.15, 0.2) is 6.29 Å². The first-order valence-electron chi connectivity index (χ1n) is 4.77. The van der Waals surface area contributed by atoms with E-state index in [4.69, 9.17) is 14.2 Å². The first-order valence-corrected chi connectivity index (χ1v) is 4.77. The number of rotatable bonds is 2. The molecule has 0 aromatic rings. The average molecular weight is 198 g/mol. The number of hydrogen-bond acceptors (Lipinski definition) is 4. The van der Waals surface area contributed by atoms with Crippen molar-refractivity contribution in [2.45, 2.75) is 31.8 Å². The van der Waals surface area contributed by atoms with Gasteiger partial charge < -0.3 is 14.2 Å². The summed E-state index contributed by atoms with van der Waals surface area (Å²) in [6, 6.07) is 0. The Balaban J connectivity index is 2.04. The van der Waals surface area contributed by atoms with Crippen LogP contribution in [0.1, 0.15) is 13.3 Å². The van der Waals surface area contributed by atoms with Gasteiger partial charge in [-0.1, -0.05) is 6.58 Å². The second-order valence-corrected chi connectivity index (χ2v) is 3.71. The third-order valence-corrected chi connectivity index (χ3v) is 2.88. The third kappa shape index (κ3) is 1.55. The molecule has 0 aromatic heterocycles. The van der Waals surface area contributed by atoms with Crippen LogP contribution in [-0.2, 0) is 19.0 Å². The molecule has 1 aliphatic heterocycles. The van der Waals surface area contributed by atoms with E-state index in [1.54, 1.807) is 0 Å². The summed E-state index contributed by atoms with van der Waals surface area (Å²) >= 11 is 0.